The monoisotopic (exact) mass is 353 g/mol. The summed E-state index contributed by atoms with van der Waals surface area (Å²) in [7, 11) is 1.58. The van der Waals surface area contributed by atoms with Gasteiger partial charge in [-0.1, -0.05) is 22.0 Å². The molecule has 0 saturated heterocycles. The van der Waals surface area contributed by atoms with E-state index >= 15 is 0 Å². The lowest BCUT2D eigenvalue weighted by molar-refractivity contribution is -0.138. The van der Waals surface area contributed by atoms with Crippen molar-refractivity contribution in [3.63, 3.8) is 0 Å². The van der Waals surface area contributed by atoms with E-state index in [0.29, 0.717) is 18.8 Å². The fourth-order valence-electron chi connectivity index (χ4n) is 2.20. The fourth-order valence-corrected chi connectivity index (χ4v) is 2.69. The number of nitrogens with zero attached hydrogens (tertiary/aromatic N) is 1. The van der Waals surface area contributed by atoms with Gasteiger partial charge in [0.15, 0.2) is 0 Å². The molecule has 0 radical (unpaired) electrons. The van der Waals surface area contributed by atoms with E-state index < -0.39 is 11.7 Å². The van der Waals surface area contributed by atoms with Gasteiger partial charge in [0.25, 0.3) is 0 Å². The minimum atomic E-state index is -4.34. The minimum Gasteiger partial charge on any atom is -0.383 e. The third kappa shape index (κ3) is 4.12. The number of hydrogen-bond donors (Lipinski definition) is 0. The Morgan fingerprint density at radius 2 is 2.00 bits per heavy atom. The van der Waals surface area contributed by atoms with E-state index in [9.17, 15) is 13.2 Å². The summed E-state index contributed by atoms with van der Waals surface area (Å²) < 4.78 is 44.3. The molecular weight excluding hydrogens is 335 g/mol. The van der Waals surface area contributed by atoms with Gasteiger partial charge in [0.05, 0.1) is 12.2 Å². The van der Waals surface area contributed by atoms with Gasteiger partial charge in [-0.25, -0.2) is 0 Å². The maximum Gasteiger partial charge on any atom is 0.416 e. The first kappa shape index (κ1) is 17.3. The second-order valence-electron chi connectivity index (χ2n) is 4.56. The molecule has 1 aromatic carbocycles. The molecule has 1 unspecified atom stereocenters. The highest BCUT2D eigenvalue weighted by atomic mass is 79.9. The number of ether oxygens (including phenoxy) is 1. The predicted octanol–water partition coefficient (Wildman–Crippen LogP) is 4.46. The molecule has 0 N–H and O–H groups in total. The van der Waals surface area contributed by atoms with Crippen LogP contribution in [-0.2, 0) is 16.2 Å². The third-order valence-electron chi connectivity index (χ3n) is 3.16. The van der Waals surface area contributed by atoms with Crippen molar-refractivity contribution in [2.24, 2.45) is 0 Å². The highest BCUT2D eigenvalue weighted by Gasteiger charge is 2.33. The summed E-state index contributed by atoms with van der Waals surface area (Å²) >= 11 is 3.10. The van der Waals surface area contributed by atoms with Crippen molar-refractivity contribution in [1.82, 2.24) is 0 Å². The molecule has 0 aliphatic rings. The smallest absolute Gasteiger partial charge is 0.383 e. The lowest BCUT2D eigenvalue weighted by Crippen LogP contribution is -2.36. The molecule has 0 heterocycles. The van der Waals surface area contributed by atoms with Crippen LogP contribution in [0.4, 0.5) is 18.9 Å². The molecule has 0 spiro atoms. The number of hydrogen-bond acceptors (Lipinski definition) is 2. The van der Waals surface area contributed by atoms with Gasteiger partial charge in [-0.05, 0) is 31.5 Å². The average molecular weight is 354 g/mol. The molecule has 2 nitrogen and oxygen atoms in total. The van der Waals surface area contributed by atoms with Crippen molar-refractivity contribution in [1.29, 1.82) is 0 Å². The molecule has 1 atom stereocenters. The van der Waals surface area contributed by atoms with E-state index in [2.05, 4.69) is 15.9 Å². The van der Waals surface area contributed by atoms with E-state index in [0.717, 1.165) is 0 Å². The molecular formula is C14H19BrF3NO. The van der Waals surface area contributed by atoms with Gasteiger partial charge in [-0.15, -0.1) is 0 Å². The molecule has 0 amide bonds. The maximum absolute atomic E-state index is 13.1. The standard InChI is InChI=1S/C14H19BrF3NO/c1-4-19(10(2)9-20-3)12-6-5-11(8-15)13(7-12)14(16,17)18/h5-7,10H,4,8-9H2,1-3H3. The first-order chi connectivity index (χ1) is 9.35. The molecule has 6 heteroatoms. The van der Waals surface area contributed by atoms with E-state index in [-0.39, 0.29) is 16.9 Å². The molecule has 0 aliphatic carbocycles. The Labute approximate surface area is 126 Å². The van der Waals surface area contributed by atoms with Crippen molar-refractivity contribution in [3.8, 4) is 0 Å². The molecule has 20 heavy (non-hydrogen) atoms. The van der Waals surface area contributed by atoms with Crippen LogP contribution in [0.5, 0.6) is 0 Å². The van der Waals surface area contributed by atoms with Gasteiger partial charge >= 0.3 is 6.18 Å². The summed E-state index contributed by atoms with van der Waals surface area (Å²) in [6, 6.07) is 4.48. The summed E-state index contributed by atoms with van der Waals surface area (Å²) in [6.07, 6.45) is -4.34. The van der Waals surface area contributed by atoms with Gasteiger partial charge in [0, 0.05) is 30.7 Å². The number of anilines is 1. The molecule has 0 bridgehead atoms. The van der Waals surface area contributed by atoms with Crippen molar-refractivity contribution in [2.75, 3.05) is 25.2 Å². The molecule has 0 fully saturated rings. The van der Waals surface area contributed by atoms with Crippen LogP contribution in [0.15, 0.2) is 18.2 Å². The van der Waals surface area contributed by atoms with Crippen LogP contribution in [0.2, 0.25) is 0 Å². The van der Waals surface area contributed by atoms with Crippen molar-refractivity contribution >= 4 is 21.6 Å². The van der Waals surface area contributed by atoms with Crippen LogP contribution in [-0.4, -0.2) is 26.3 Å². The van der Waals surface area contributed by atoms with Gasteiger partial charge < -0.3 is 9.64 Å². The predicted molar refractivity (Wildman–Crippen MR) is 78.4 cm³/mol. The van der Waals surface area contributed by atoms with E-state index in [1.165, 1.54) is 12.1 Å². The number of halogens is 4. The number of rotatable bonds is 6. The Hall–Kier alpha value is -0.750. The average Bonchev–Trinajstić information content (AvgIpc) is 2.38. The van der Waals surface area contributed by atoms with Gasteiger partial charge in [0.2, 0.25) is 0 Å². The van der Waals surface area contributed by atoms with Crippen LogP contribution in [0.25, 0.3) is 0 Å². The van der Waals surface area contributed by atoms with Gasteiger partial charge in [-0.3, -0.25) is 0 Å². The Morgan fingerprint density at radius 3 is 2.45 bits per heavy atom. The van der Waals surface area contributed by atoms with Crippen LogP contribution < -0.4 is 4.90 Å². The topological polar surface area (TPSA) is 12.5 Å². The fraction of sp³-hybridized carbons (Fsp3) is 0.571. The van der Waals surface area contributed by atoms with Gasteiger partial charge in [-0.2, -0.15) is 13.2 Å². The van der Waals surface area contributed by atoms with E-state index in [1.807, 2.05) is 18.7 Å². The van der Waals surface area contributed by atoms with Crippen LogP contribution in [0.1, 0.15) is 25.0 Å². The Balaban J connectivity index is 3.18. The summed E-state index contributed by atoms with van der Waals surface area (Å²) in [5, 5.41) is 0.182. The SMILES string of the molecule is CCN(c1ccc(CBr)c(C(F)(F)F)c1)C(C)COC. The molecule has 0 aliphatic heterocycles. The largest absolute Gasteiger partial charge is 0.416 e. The van der Waals surface area contributed by atoms with E-state index in [4.69, 9.17) is 4.74 Å². The number of methoxy groups -OCH3 is 1. The Kier molecular flexibility index (Phi) is 6.33. The summed E-state index contributed by atoms with van der Waals surface area (Å²) in [5.74, 6) is 0. The normalized spacial score (nSPS) is 13.3. The summed E-state index contributed by atoms with van der Waals surface area (Å²) in [6.45, 7) is 4.93. The van der Waals surface area contributed by atoms with Crippen molar-refractivity contribution < 1.29 is 17.9 Å². The Bertz CT molecular complexity index is 437. The molecule has 0 aromatic heterocycles. The first-order valence-electron chi connectivity index (χ1n) is 6.36. The van der Waals surface area contributed by atoms with Crippen molar-refractivity contribution in [2.45, 2.75) is 31.4 Å². The highest BCUT2D eigenvalue weighted by Crippen LogP contribution is 2.35. The number of benzene rings is 1. The van der Waals surface area contributed by atoms with Crippen molar-refractivity contribution in [3.05, 3.63) is 29.3 Å². The van der Waals surface area contributed by atoms with Crippen LogP contribution in [0, 0.1) is 0 Å². The summed E-state index contributed by atoms with van der Waals surface area (Å²) in [5.41, 5.74) is 0.223. The lowest BCUT2D eigenvalue weighted by Gasteiger charge is -2.30. The zero-order valence-electron chi connectivity index (χ0n) is 11.8. The molecule has 1 aromatic rings. The first-order valence-corrected chi connectivity index (χ1v) is 7.48. The van der Waals surface area contributed by atoms with E-state index in [1.54, 1.807) is 13.2 Å². The Morgan fingerprint density at radius 1 is 1.35 bits per heavy atom. The molecule has 0 saturated carbocycles. The molecule has 114 valence electrons. The second-order valence-corrected chi connectivity index (χ2v) is 5.12. The summed E-state index contributed by atoms with van der Waals surface area (Å²) in [4.78, 5) is 1.90. The number of likely N-dealkylation sites (N-methyl/N-ethyl adjacent to an activating group) is 1. The maximum atomic E-state index is 13.1. The van der Waals surface area contributed by atoms with Gasteiger partial charge in [0.1, 0.15) is 0 Å². The van der Waals surface area contributed by atoms with Crippen LogP contribution in [0.3, 0.4) is 0 Å². The zero-order valence-corrected chi connectivity index (χ0v) is 13.4. The molecule has 1 rings (SSSR count). The van der Waals surface area contributed by atoms with Crippen LogP contribution >= 0.6 is 15.9 Å². The number of alkyl halides is 4. The quantitative estimate of drug-likeness (QED) is 0.700. The lowest BCUT2D eigenvalue weighted by atomic mass is 10.1. The minimum absolute atomic E-state index is 0.0147. The third-order valence-corrected chi connectivity index (χ3v) is 3.76. The zero-order chi connectivity index (χ0) is 15.3. The second kappa shape index (κ2) is 7.31. The highest BCUT2D eigenvalue weighted by molar-refractivity contribution is 9.08.